The van der Waals surface area contributed by atoms with Crippen molar-refractivity contribution in [3.8, 4) is 17.2 Å². The zero-order valence-electron chi connectivity index (χ0n) is 13.9. The quantitative estimate of drug-likeness (QED) is 0.789. The molecule has 2 rings (SSSR count). The predicted octanol–water partition coefficient (Wildman–Crippen LogP) is 2.23. The van der Waals surface area contributed by atoms with Crippen molar-refractivity contribution < 1.29 is 22.6 Å². The third kappa shape index (κ3) is 4.39. The van der Waals surface area contributed by atoms with E-state index >= 15 is 0 Å². The van der Waals surface area contributed by atoms with Crippen molar-refractivity contribution in [2.45, 2.75) is 11.3 Å². The second-order valence-electron chi connectivity index (χ2n) is 5.02. The molecular weight excluding hydrogens is 330 g/mol. The molecular formula is C17H21NO5S. The van der Waals surface area contributed by atoms with Gasteiger partial charge in [-0.2, -0.15) is 0 Å². The fraction of sp³-hybridized carbons (Fsp3) is 0.294. The maximum Gasteiger partial charge on any atom is 0.244 e. The fourth-order valence-corrected chi connectivity index (χ4v) is 3.44. The highest BCUT2D eigenvalue weighted by Crippen LogP contribution is 2.28. The van der Waals surface area contributed by atoms with E-state index in [2.05, 4.69) is 4.72 Å². The molecule has 0 saturated carbocycles. The van der Waals surface area contributed by atoms with Crippen LogP contribution in [0.3, 0.4) is 0 Å². The number of hydrogen-bond acceptors (Lipinski definition) is 5. The molecule has 0 spiro atoms. The van der Waals surface area contributed by atoms with Crippen molar-refractivity contribution >= 4 is 10.0 Å². The first kappa shape index (κ1) is 18.1. The van der Waals surface area contributed by atoms with E-state index in [9.17, 15) is 8.42 Å². The molecule has 0 fully saturated rings. The molecule has 1 N–H and O–H groups in total. The van der Waals surface area contributed by atoms with E-state index in [1.54, 1.807) is 19.2 Å². The molecule has 0 saturated heterocycles. The van der Waals surface area contributed by atoms with Crippen LogP contribution in [-0.4, -0.2) is 36.3 Å². The summed E-state index contributed by atoms with van der Waals surface area (Å²) in [7, 11) is 0.795. The van der Waals surface area contributed by atoms with Crippen LogP contribution >= 0.6 is 0 Å². The molecule has 0 radical (unpaired) electrons. The maximum absolute atomic E-state index is 12.5. The van der Waals surface area contributed by atoms with Gasteiger partial charge in [-0.1, -0.05) is 12.1 Å². The largest absolute Gasteiger partial charge is 0.497 e. The zero-order valence-corrected chi connectivity index (χ0v) is 14.7. The Morgan fingerprint density at radius 2 is 1.62 bits per heavy atom. The lowest BCUT2D eigenvalue weighted by Crippen LogP contribution is -2.26. The van der Waals surface area contributed by atoms with Gasteiger partial charge in [-0.3, -0.25) is 0 Å². The molecule has 2 aromatic rings. The summed E-state index contributed by atoms with van der Waals surface area (Å²) in [5, 5.41) is 0. The summed E-state index contributed by atoms with van der Waals surface area (Å²) in [5.74, 6) is 1.46. The van der Waals surface area contributed by atoms with E-state index in [-0.39, 0.29) is 17.2 Å². The highest BCUT2D eigenvalue weighted by molar-refractivity contribution is 7.89. The minimum Gasteiger partial charge on any atom is -0.497 e. The number of hydrogen-bond donors (Lipinski definition) is 1. The highest BCUT2D eigenvalue weighted by atomic mass is 32.2. The molecule has 0 aliphatic carbocycles. The number of ether oxygens (including phenoxy) is 3. The Bertz CT molecular complexity index is 789. The van der Waals surface area contributed by atoms with Gasteiger partial charge in [0.05, 0.1) is 21.3 Å². The molecule has 0 atom stereocenters. The Morgan fingerprint density at radius 3 is 2.29 bits per heavy atom. The van der Waals surface area contributed by atoms with Crippen molar-refractivity contribution in [1.29, 1.82) is 0 Å². The first-order chi connectivity index (χ1) is 11.5. The lowest BCUT2D eigenvalue weighted by Gasteiger charge is -2.12. The molecule has 6 nitrogen and oxygen atoms in total. The van der Waals surface area contributed by atoms with Gasteiger partial charge >= 0.3 is 0 Å². The van der Waals surface area contributed by atoms with Gasteiger partial charge in [0.15, 0.2) is 0 Å². The first-order valence-electron chi connectivity index (χ1n) is 7.35. The highest BCUT2D eigenvalue weighted by Gasteiger charge is 2.20. The lowest BCUT2D eigenvalue weighted by molar-refractivity contribution is 0.392. The van der Waals surface area contributed by atoms with Gasteiger partial charge in [0.2, 0.25) is 10.0 Å². The number of benzene rings is 2. The van der Waals surface area contributed by atoms with E-state index in [4.69, 9.17) is 14.2 Å². The average molecular weight is 351 g/mol. The molecule has 0 aliphatic rings. The molecule has 0 heterocycles. The summed E-state index contributed by atoms with van der Waals surface area (Å²) in [6, 6.07) is 12.2. The molecule has 0 unspecified atom stereocenters. The van der Waals surface area contributed by atoms with Crippen LogP contribution in [0.4, 0.5) is 0 Å². The standard InChI is InChI=1S/C17H21NO5S/c1-21-14-6-4-5-13(11-14)9-10-18-24(19,20)17-12-15(22-2)7-8-16(17)23-3/h4-8,11-12,18H,9-10H2,1-3H3. The normalized spacial score (nSPS) is 11.1. The van der Waals surface area contributed by atoms with E-state index in [1.165, 1.54) is 20.3 Å². The van der Waals surface area contributed by atoms with E-state index in [1.807, 2.05) is 24.3 Å². The summed E-state index contributed by atoms with van der Waals surface area (Å²) in [6.45, 7) is 0.260. The zero-order chi connectivity index (χ0) is 17.6. The first-order valence-corrected chi connectivity index (χ1v) is 8.83. The van der Waals surface area contributed by atoms with Crippen LogP contribution in [0.15, 0.2) is 47.4 Å². The number of sulfonamides is 1. The molecule has 0 amide bonds. The predicted molar refractivity (Wildman–Crippen MR) is 91.4 cm³/mol. The SMILES string of the molecule is COc1cccc(CCNS(=O)(=O)c2cc(OC)ccc2OC)c1. The average Bonchev–Trinajstić information content (AvgIpc) is 2.61. The molecule has 2 aromatic carbocycles. The van der Waals surface area contributed by atoms with Crippen LogP contribution < -0.4 is 18.9 Å². The van der Waals surface area contributed by atoms with E-state index in [0.717, 1.165) is 11.3 Å². The van der Waals surface area contributed by atoms with Crippen LogP contribution in [0.2, 0.25) is 0 Å². The number of methoxy groups -OCH3 is 3. The van der Waals surface area contributed by atoms with E-state index < -0.39 is 10.0 Å². The molecule has 0 aliphatic heterocycles. The Labute approximate surface area is 142 Å². The molecule has 130 valence electrons. The van der Waals surface area contributed by atoms with Gasteiger partial charge in [0.25, 0.3) is 0 Å². The van der Waals surface area contributed by atoms with E-state index in [0.29, 0.717) is 12.2 Å². The van der Waals surface area contributed by atoms with Crippen molar-refractivity contribution in [2.24, 2.45) is 0 Å². The summed E-state index contributed by atoms with van der Waals surface area (Å²) in [4.78, 5) is 0.0509. The van der Waals surface area contributed by atoms with Gasteiger partial charge < -0.3 is 14.2 Å². The third-order valence-electron chi connectivity index (χ3n) is 3.50. The Balaban J connectivity index is 2.11. The Kier molecular flexibility index (Phi) is 6.05. The van der Waals surface area contributed by atoms with Crippen LogP contribution in [0.5, 0.6) is 17.2 Å². The summed E-state index contributed by atoms with van der Waals surface area (Å²) in [5.41, 5.74) is 0.981. The monoisotopic (exact) mass is 351 g/mol. The fourth-order valence-electron chi connectivity index (χ4n) is 2.23. The summed E-state index contributed by atoms with van der Waals surface area (Å²) in [6.07, 6.45) is 0.544. The Morgan fingerprint density at radius 1 is 0.917 bits per heavy atom. The topological polar surface area (TPSA) is 73.9 Å². The van der Waals surface area contributed by atoms with Crippen LogP contribution in [-0.2, 0) is 16.4 Å². The number of rotatable bonds is 8. The molecule has 0 bridgehead atoms. The second-order valence-corrected chi connectivity index (χ2v) is 6.75. The molecule has 7 heteroatoms. The van der Waals surface area contributed by atoms with Gasteiger partial charge in [0.1, 0.15) is 22.1 Å². The third-order valence-corrected chi connectivity index (χ3v) is 4.98. The summed E-state index contributed by atoms with van der Waals surface area (Å²) >= 11 is 0. The van der Waals surface area contributed by atoms with Gasteiger partial charge in [0, 0.05) is 12.6 Å². The van der Waals surface area contributed by atoms with Gasteiger partial charge in [-0.15, -0.1) is 0 Å². The van der Waals surface area contributed by atoms with Crippen molar-refractivity contribution in [2.75, 3.05) is 27.9 Å². The number of nitrogens with one attached hydrogen (secondary N) is 1. The van der Waals surface area contributed by atoms with Crippen molar-refractivity contribution in [3.05, 3.63) is 48.0 Å². The van der Waals surface area contributed by atoms with Crippen LogP contribution in [0.25, 0.3) is 0 Å². The minimum absolute atomic E-state index is 0.0509. The summed E-state index contributed by atoms with van der Waals surface area (Å²) < 4.78 is 43.0. The maximum atomic E-state index is 12.5. The Hall–Kier alpha value is -2.25. The van der Waals surface area contributed by atoms with Gasteiger partial charge in [-0.05, 0) is 36.2 Å². The molecule has 24 heavy (non-hydrogen) atoms. The smallest absolute Gasteiger partial charge is 0.244 e. The molecule has 0 aromatic heterocycles. The van der Waals surface area contributed by atoms with Crippen LogP contribution in [0, 0.1) is 0 Å². The van der Waals surface area contributed by atoms with Crippen LogP contribution in [0.1, 0.15) is 5.56 Å². The minimum atomic E-state index is -3.71. The van der Waals surface area contributed by atoms with Crippen molar-refractivity contribution in [3.63, 3.8) is 0 Å². The van der Waals surface area contributed by atoms with Crippen molar-refractivity contribution in [1.82, 2.24) is 4.72 Å². The second kappa shape index (κ2) is 8.03. The lowest BCUT2D eigenvalue weighted by atomic mass is 10.1. The van der Waals surface area contributed by atoms with Gasteiger partial charge in [-0.25, -0.2) is 13.1 Å².